The molecule has 0 atom stereocenters. The molecule has 0 radical (unpaired) electrons. The summed E-state index contributed by atoms with van der Waals surface area (Å²) in [5, 5.41) is 0. The molecule has 0 aliphatic carbocycles. The summed E-state index contributed by atoms with van der Waals surface area (Å²) >= 11 is 0. The van der Waals surface area contributed by atoms with Gasteiger partial charge in [-0.1, -0.05) is 0 Å². The molecule has 3 nitrogen and oxygen atoms in total. The first kappa shape index (κ1) is 6.99. The molecule has 0 aliphatic heterocycles. The van der Waals surface area contributed by atoms with Crippen LogP contribution < -0.4 is 0 Å². The third-order valence-electron chi connectivity index (χ3n) is 1.43. The van der Waals surface area contributed by atoms with Gasteiger partial charge in [0, 0.05) is 25.4 Å². The molecular formula is C7H10N2O. The first-order valence-electron chi connectivity index (χ1n) is 3.23. The zero-order valence-electron chi connectivity index (χ0n) is 5.95. The van der Waals surface area contributed by atoms with Crippen LogP contribution in [0.3, 0.4) is 0 Å². The Balaban J connectivity index is 2.56. The molecule has 10 heavy (non-hydrogen) atoms. The van der Waals surface area contributed by atoms with Crippen LogP contribution in [0, 0.1) is 0 Å². The maximum atomic E-state index is 9.98. The van der Waals surface area contributed by atoms with Crippen molar-refractivity contribution in [1.82, 2.24) is 9.55 Å². The van der Waals surface area contributed by atoms with E-state index in [1.54, 1.807) is 12.5 Å². The van der Waals surface area contributed by atoms with Crippen LogP contribution >= 0.6 is 0 Å². The van der Waals surface area contributed by atoms with E-state index in [-0.39, 0.29) is 0 Å². The van der Waals surface area contributed by atoms with Crippen LogP contribution in [-0.4, -0.2) is 15.8 Å². The number of hydrogen-bond donors (Lipinski definition) is 0. The Morgan fingerprint density at radius 3 is 3.10 bits per heavy atom. The van der Waals surface area contributed by atoms with E-state index in [4.69, 9.17) is 0 Å². The fraction of sp³-hybridized carbons (Fsp3) is 0.429. The molecule has 1 heterocycles. The van der Waals surface area contributed by atoms with E-state index in [2.05, 4.69) is 4.98 Å². The molecule has 1 aromatic heterocycles. The van der Waals surface area contributed by atoms with E-state index in [9.17, 15) is 4.79 Å². The van der Waals surface area contributed by atoms with Crippen LogP contribution in [0.2, 0.25) is 0 Å². The number of rotatable bonds is 3. The largest absolute Gasteiger partial charge is 0.338 e. The molecule has 0 amide bonds. The number of carbonyl (C=O) groups is 1. The van der Waals surface area contributed by atoms with Gasteiger partial charge < -0.3 is 9.36 Å². The first-order valence-corrected chi connectivity index (χ1v) is 3.23. The highest BCUT2D eigenvalue weighted by molar-refractivity contribution is 5.49. The predicted molar refractivity (Wildman–Crippen MR) is 37.6 cm³/mol. The van der Waals surface area contributed by atoms with Crippen molar-refractivity contribution in [1.29, 1.82) is 0 Å². The first-order chi connectivity index (χ1) is 4.84. The second-order valence-corrected chi connectivity index (χ2v) is 2.20. The van der Waals surface area contributed by atoms with Gasteiger partial charge in [0.05, 0.1) is 6.33 Å². The fourth-order valence-electron chi connectivity index (χ4n) is 0.832. The number of aromatic nitrogens is 2. The van der Waals surface area contributed by atoms with E-state index in [1.165, 1.54) is 0 Å². The minimum Gasteiger partial charge on any atom is -0.338 e. The number of aldehydes is 1. The Morgan fingerprint density at radius 2 is 2.60 bits per heavy atom. The number of carbonyl (C=O) groups excluding carboxylic acids is 1. The van der Waals surface area contributed by atoms with E-state index in [0.29, 0.717) is 6.42 Å². The van der Waals surface area contributed by atoms with Crippen molar-refractivity contribution in [3.63, 3.8) is 0 Å². The van der Waals surface area contributed by atoms with Crippen molar-refractivity contribution in [2.24, 2.45) is 7.05 Å². The SMILES string of the molecule is Cn1cncc1CCC=O. The topological polar surface area (TPSA) is 34.9 Å². The van der Waals surface area contributed by atoms with Crippen LogP contribution in [0.25, 0.3) is 0 Å². The normalized spacial score (nSPS) is 9.70. The minimum atomic E-state index is 0.583. The van der Waals surface area contributed by atoms with E-state index in [1.807, 2.05) is 11.6 Å². The summed E-state index contributed by atoms with van der Waals surface area (Å²) in [7, 11) is 1.92. The molecule has 3 heteroatoms. The third-order valence-corrected chi connectivity index (χ3v) is 1.43. The van der Waals surface area contributed by atoms with E-state index >= 15 is 0 Å². The number of aryl methyl sites for hydroxylation is 2. The van der Waals surface area contributed by atoms with Crippen LogP contribution in [0.15, 0.2) is 12.5 Å². The Morgan fingerprint density at radius 1 is 1.80 bits per heavy atom. The highest BCUT2D eigenvalue weighted by Crippen LogP contribution is 1.98. The van der Waals surface area contributed by atoms with Gasteiger partial charge in [-0.3, -0.25) is 0 Å². The zero-order valence-corrected chi connectivity index (χ0v) is 5.95. The smallest absolute Gasteiger partial charge is 0.120 e. The highest BCUT2D eigenvalue weighted by atomic mass is 16.1. The maximum absolute atomic E-state index is 9.98. The second-order valence-electron chi connectivity index (χ2n) is 2.20. The molecule has 0 spiro atoms. The van der Waals surface area contributed by atoms with Crippen LogP contribution in [-0.2, 0) is 18.3 Å². The maximum Gasteiger partial charge on any atom is 0.120 e. The van der Waals surface area contributed by atoms with Crippen molar-refractivity contribution in [2.45, 2.75) is 12.8 Å². The van der Waals surface area contributed by atoms with Crippen molar-refractivity contribution in [2.75, 3.05) is 0 Å². The van der Waals surface area contributed by atoms with Gasteiger partial charge in [0.1, 0.15) is 6.29 Å². The highest BCUT2D eigenvalue weighted by Gasteiger charge is 1.95. The molecule has 1 aromatic rings. The summed E-state index contributed by atoms with van der Waals surface area (Å²) in [5.41, 5.74) is 1.10. The van der Waals surface area contributed by atoms with Gasteiger partial charge in [-0.2, -0.15) is 0 Å². The Kier molecular flexibility index (Phi) is 2.20. The molecule has 0 bridgehead atoms. The van der Waals surface area contributed by atoms with Gasteiger partial charge in [-0.15, -0.1) is 0 Å². The number of imidazole rings is 1. The lowest BCUT2D eigenvalue weighted by Crippen LogP contribution is -1.94. The molecule has 54 valence electrons. The Hall–Kier alpha value is -1.12. The number of nitrogens with zero attached hydrogens (tertiary/aromatic N) is 2. The minimum absolute atomic E-state index is 0.583. The average Bonchev–Trinajstić information content (AvgIpc) is 2.31. The molecule has 0 saturated heterocycles. The Labute approximate surface area is 59.7 Å². The van der Waals surface area contributed by atoms with Crippen molar-refractivity contribution >= 4 is 6.29 Å². The molecule has 1 rings (SSSR count). The molecule has 0 aliphatic rings. The van der Waals surface area contributed by atoms with Gasteiger partial charge in [-0.05, 0) is 6.42 Å². The van der Waals surface area contributed by atoms with Crippen LogP contribution in [0.1, 0.15) is 12.1 Å². The van der Waals surface area contributed by atoms with E-state index in [0.717, 1.165) is 18.4 Å². The third kappa shape index (κ3) is 1.43. The number of hydrogen-bond acceptors (Lipinski definition) is 2. The van der Waals surface area contributed by atoms with Gasteiger partial charge >= 0.3 is 0 Å². The quantitative estimate of drug-likeness (QED) is 0.572. The lowest BCUT2D eigenvalue weighted by atomic mass is 10.3. The molecule has 0 N–H and O–H groups in total. The van der Waals surface area contributed by atoms with Crippen molar-refractivity contribution in [3.05, 3.63) is 18.2 Å². The summed E-state index contributed by atoms with van der Waals surface area (Å²) < 4.78 is 1.92. The summed E-state index contributed by atoms with van der Waals surface area (Å²) in [5.74, 6) is 0. The molecular weight excluding hydrogens is 128 g/mol. The van der Waals surface area contributed by atoms with Gasteiger partial charge in [0.25, 0.3) is 0 Å². The van der Waals surface area contributed by atoms with Crippen LogP contribution in [0.4, 0.5) is 0 Å². The van der Waals surface area contributed by atoms with Crippen LogP contribution in [0.5, 0.6) is 0 Å². The lowest BCUT2D eigenvalue weighted by Gasteiger charge is -1.95. The van der Waals surface area contributed by atoms with Crippen molar-refractivity contribution in [3.8, 4) is 0 Å². The summed E-state index contributed by atoms with van der Waals surface area (Å²) in [6, 6.07) is 0. The standard InChI is InChI=1S/C7H10N2O/c1-9-6-8-5-7(9)3-2-4-10/h4-6H,2-3H2,1H3. The van der Waals surface area contributed by atoms with E-state index < -0.39 is 0 Å². The summed E-state index contributed by atoms with van der Waals surface area (Å²) in [6.45, 7) is 0. The average molecular weight is 138 g/mol. The molecule has 0 aromatic carbocycles. The monoisotopic (exact) mass is 138 g/mol. The van der Waals surface area contributed by atoms with Gasteiger partial charge in [0.15, 0.2) is 0 Å². The molecule has 0 saturated carbocycles. The lowest BCUT2D eigenvalue weighted by molar-refractivity contribution is -0.107. The van der Waals surface area contributed by atoms with Crippen molar-refractivity contribution < 1.29 is 4.79 Å². The fourth-order valence-corrected chi connectivity index (χ4v) is 0.832. The molecule has 0 fully saturated rings. The molecule has 0 unspecified atom stereocenters. The van der Waals surface area contributed by atoms with Gasteiger partial charge in [-0.25, -0.2) is 4.98 Å². The zero-order chi connectivity index (χ0) is 7.40. The Bertz CT molecular complexity index is 217. The summed E-state index contributed by atoms with van der Waals surface area (Å²) in [6.07, 6.45) is 5.82. The summed E-state index contributed by atoms with van der Waals surface area (Å²) in [4.78, 5) is 13.9. The van der Waals surface area contributed by atoms with Gasteiger partial charge in [0.2, 0.25) is 0 Å². The second kappa shape index (κ2) is 3.15. The predicted octanol–water partition coefficient (Wildman–Crippen LogP) is 0.552.